The number of fused-ring (bicyclic) bond motifs is 1. The molecule has 0 spiro atoms. The number of amides is 2. The fraction of sp³-hybridized carbons (Fsp3) is 0.481. The van der Waals surface area contributed by atoms with Gasteiger partial charge < -0.3 is 33.9 Å². The summed E-state index contributed by atoms with van der Waals surface area (Å²) in [6, 6.07) is 8.59. The monoisotopic (exact) mass is 513 g/mol. The van der Waals surface area contributed by atoms with Gasteiger partial charge in [0.05, 0.1) is 38.7 Å². The first-order valence-corrected chi connectivity index (χ1v) is 12.8. The molecule has 0 bridgehead atoms. The standard InChI is InChI=1S/C27H35N3O7/c1-4-34-23-15-19(16-24(35-5-2)26(23)36-6-3)27(32)28-20-7-8-22-21(17-20)30(25(31)18-37-22)10-9-29-11-13-33-14-12-29/h7-8,15-17H,4-6,9-14,18H2,1-3H3,(H,28,32). The highest BCUT2D eigenvalue weighted by Gasteiger charge is 2.27. The lowest BCUT2D eigenvalue weighted by Crippen LogP contribution is -2.45. The number of morpholine rings is 1. The highest BCUT2D eigenvalue weighted by Crippen LogP contribution is 2.40. The lowest BCUT2D eigenvalue weighted by Gasteiger charge is -2.33. The van der Waals surface area contributed by atoms with E-state index < -0.39 is 0 Å². The number of nitrogens with one attached hydrogen (secondary N) is 1. The van der Waals surface area contributed by atoms with Gasteiger partial charge in [0, 0.05) is 37.4 Å². The van der Waals surface area contributed by atoms with Gasteiger partial charge in [-0.1, -0.05) is 0 Å². The van der Waals surface area contributed by atoms with Crippen LogP contribution in [0.2, 0.25) is 0 Å². The van der Waals surface area contributed by atoms with Crippen LogP contribution in [-0.4, -0.2) is 82.5 Å². The zero-order valence-electron chi connectivity index (χ0n) is 21.7. The molecule has 2 aromatic carbocycles. The summed E-state index contributed by atoms with van der Waals surface area (Å²) in [6.45, 7) is 11.2. The van der Waals surface area contributed by atoms with Crippen molar-refractivity contribution in [3.8, 4) is 23.0 Å². The summed E-state index contributed by atoms with van der Waals surface area (Å²) in [5.41, 5.74) is 1.55. The summed E-state index contributed by atoms with van der Waals surface area (Å²) in [6.07, 6.45) is 0. The smallest absolute Gasteiger partial charge is 0.265 e. The van der Waals surface area contributed by atoms with E-state index in [0.717, 1.165) is 19.6 Å². The second-order valence-electron chi connectivity index (χ2n) is 8.53. The second-order valence-corrected chi connectivity index (χ2v) is 8.53. The average Bonchev–Trinajstić information content (AvgIpc) is 2.90. The maximum absolute atomic E-state index is 13.2. The third-order valence-corrected chi connectivity index (χ3v) is 6.07. The van der Waals surface area contributed by atoms with Crippen LogP contribution in [-0.2, 0) is 9.53 Å². The number of anilines is 2. The van der Waals surface area contributed by atoms with E-state index in [1.807, 2.05) is 20.8 Å². The van der Waals surface area contributed by atoms with Crippen molar-refractivity contribution < 1.29 is 33.3 Å². The third-order valence-electron chi connectivity index (χ3n) is 6.07. The van der Waals surface area contributed by atoms with Gasteiger partial charge in [-0.15, -0.1) is 0 Å². The Morgan fingerprint density at radius 2 is 1.62 bits per heavy atom. The van der Waals surface area contributed by atoms with Crippen LogP contribution in [0.4, 0.5) is 11.4 Å². The number of hydrogen-bond acceptors (Lipinski definition) is 8. The van der Waals surface area contributed by atoms with Gasteiger partial charge in [0.1, 0.15) is 5.75 Å². The quantitative estimate of drug-likeness (QED) is 0.489. The number of carbonyl (C=O) groups excluding carboxylic acids is 2. The van der Waals surface area contributed by atoms with Crippen molar-refractivity contribution in [2.45, 2.75) is 20.8 Å². The molecule has 0 unspecified atom stereocenters. The van der Waals surface area contributed by atoms with E-state index in [-0.39, 0.29) is 18.4 Å². The van der Waals surface area contributed by atoms with Crippen molar-refractivity contribution in [3.63, 3.8) is 0 Å². The van der Waals surface area contributed by atoms with Crippen LogP contribution in [0.3, 0.4) is 0 Å². The molecule has 37 heavy (non-hydrogen) atoms. The summed E-state index contributed by atoms with van der Waals surface area (Å²) >= 11 is 0. The summed E-state index contributed by atoms with van der Waals surface area (Å²) < 4.78 is 28.3. The Balaban J connectivity index is 1.54. The number of hydrogen-bond donors (Lipinski definition) is 1. The molecule has 1 fully saturated rings. The van der Waals surface area contributed by atoms with Crippen molar-refractivity contribution in [2.75, 3.05) is 76.0 Å². The molecule has 2 heterocycles. The number of rotatable bonds is 11. The molecule has 10 heteroatoms. The van der Waals surface area contributed by atoms with Crippen LogP contribution < -0.4 is 29.2 Å². The fourth-order valence-electron chi connectivity index (χ4n) is 4.31. The molecule has 1 N–H and O–H groups in total. The van der Waals surface area contributed by atoms with E-state index in [4.69, 9.17) is 23.7 Å². The zero-order valence-corrected chi connectivity index (χ0v) is 21.7. The molecule has 2 aliphatic rings. The minimum Gasteiger partial charge on any atom is -0.490 e. The fourth-order valence-corrected chi connectivity index (χ4v) is 4.31. The van der Waals surface area contributed by atoms with E-state index >= 15 is 0 Å². The highest BCUT2D eigenvalue weighted by molar-refractivity contribution is 6.06. The number of nitrogens with zero attached hydrogens (tertiary/aromatic N) is 2. The van der Waals surface area contributed by atoms with E-state index in [1.54, 1.807) is 35.2 Å². The van der Waals surface area contributed by atoms with Crippen molar-refractivity contribution in [3.05, 3.63) is 35.9 Å². The molecule has 0 atom stereocenters. The number of benzene rings is 2. The van der Waals surface area contributed by atoms with Crippen molar-refractivity contribution in [1.82, 2.24) is 4.90 Å². The largest absolute Gasteiger partial charge is 0.490 e. The van der Waals surface area contributed by atoms with Crippen LogP contribution in [0, 0.1) is 0 Å². The van der Waals surface area contributed by atoms with Crippen LogP contribution in [0.15, 0.2) is 30.3 Å². The number of ether oxygens (including phenoxy) is 5. The van der Waals surface area contributed by atoms with Gasteiger partial charge in [-0.05, 0) is 51.1 Å². The molecule has 2 aromatic rings. The molecule has 0 aliphatic carbocycles. The predicted molar refractivity (Wildman–Crippen MR) is 139 cm³/mol. The first-order chi connectivity index (χ1) is 18.0. The Morgan fingerprint density at radius 1 is 0.946 bits per heavy atom. The van der Waals surface area contributed by atoms with E-state index in [0.29, 0.717) is 79.5 Å². The van der Waals surface area contributed by atoms with Crippen LogP contribution in [0.5, 0.6) is 23.0 Å². The summed E-state index contributed by atoms with van der Waals surface area (Å²) in [5, 5.41) is 2.93. The molecule has 0 radical (unpaired) electrons. The average molecular weight is 514 g/mol. The van der Waals surface area contributed by atoms with Gasteiger partial charge in [0.15, 0.2) is 18.1 Å². The summed E-state index contributed by atoms with van der Waals surface area (Å²) in [5.74, 6) is 1.52. The second kappa shape index (κ2) is 12.6. The predicted octanol–water partition coefficient (Wildman–Crippen LogP) is 3.19. The lowest BCUT2D eigenvalue weighted by molar-refractivity contribution is -0.121. The lowest BCUT2D eigenvalue weighted by atomic mass is 10.1. The van der Waals surface area contributed by atoms with Gasteiger partial charge in [0.2, 0.25) is 5.75 Å². The maximum atomic E-state index is 13.2. The van der Waals surface area contributed by atoms with Crippen molar-refractivity contribution >= 4 is 23.2 Å². The minimum absolute atomic E-state index is 0.00555. The highest BCUT2D eigenvalue weighted by atomic mass is 16.5. The van der Waals surface area contributed by atoms with Gasteiger partial charge >= 0.3 is 0 Å². The normalized spacial score (nSPS) is 15.5. The molecule has 0 saturated carbocycles. The maximum Gasteiger partial charge on any atom is 0.265 e. The van der Waals surface area contributed by atoms with Gasteiger partial charge in [0.25, 0.3) is 11.8 Å². The van der Waals surface area contributed by atoms with Gasteiger partial charge in [-0.2, -0.15) is 0 Å². The molecular formula is C27H35N3O7. The molecule has 2 aliphatic heterocycles. The van der Waals surface area contributed by atoms with Crippen LogP contribution >= 0.6 is 0 Å². The number of carbonyl (C=O) groups is 2. The zero-order chi connectivity index (χ0) is 26.2. The molecule has 2 amide bonds. The topological polar surface area (TPSA) is 98.8 Å². The Bertz CT molecular complexity index is 1070. The first kappa shape index (κ1) is 26.6. The van der Waals surface area contributed by atoms with Crippen molar-refractivity contribution in [2.24, 2.45) is 0 Å². The summed E-state index contributed by atoms with van der Waals surface area (Å²) in [7, 11) is 0. The van der Waals surface area contributed by atoms with E-state index in [2.05, 4.69) is 10.2 Å². The van der Waals surface area contributed by atoms with E-state index in [9.17, 15) is 9.59 Å². The molecule has 1 saturated heterocycles. The molecule has 200 valence electrons. The van der Waals surface area contributed by atoms with Gasteiger partial charge in [-0.25, -0.2) is 0 Å². The first-order valence-electron chi connectivity index (χ1n) is 12.8. The molecule has 10 nitrogen and oxygen atoms in total. The van der Waals surface area contributed by atoms with Crippen molar-refractivity contribution in [1.29, 1.82) is 0 Å². The third kappa shape index (κ3) is 6.44. The Morgan fingerprint density at radius 3 is 2.27 bits per heavy atom. The molecule has 0 aromatic heterocycles. The van der Waals surface area contributed by atoms with Crippen LogP contribution in [0.25, 0.3) is 0 Å². The Hall–Kier alpha value is -3.50. The Kier molecular flexibility index (Phi) is 9.08. The molecular weight excluding hydrogens is 478 g/mol. The minimum atomic E-state index is -0.340. The SMILES string of the molecule is CCOc1cc(C(=O)Nc2ccc3c(c2)N(CCN2CCOCC2)C(=O)CO3)cc(OCC)c1OCC. The Labute approximate surface area is 217 Å². The van der Waals surface area contributed by atoms with E-state index in [1.165, 1.54) is 0 Å². The van der Waals surface area contributed by atoms with Crippen LogP contribution in [0.1, 0.15) is 31.1 Å². The van der Waals surface area contributed by atoms with Gasteiger partial charge in [-0.3, -0.25) is 14.5 Å². The molecule has 4 rings (SSSR count). The summed E-state index contributed by atoms with van der Waals surface area (Å²) in [4.78, 5) is 29.9.